The third-order valence-electron chi connectivity index (χ3n) is 2.58. The quantitative estimate of drug-likeness (QED) is 0.874. The summed E-state index contributed by atoms with van der Waals surface area (Å²) < 4.78 is 13.8. The first-order valence-electron chi connectivity index (χ1n) is 6.25. The number of halogens is 1. The van der Waals surface area contributed by atoms with E-state index >= 15 is 0 Å². The molecule has 0 aliphatic carbocycles. The second kappa shape index (κ2) is 6.48. The first-order valence-corrected chi connectivity index (χ1v) is 6.25. The summed E-state index contributed by atoms with van der Waals surface area (Å²) in [5, 5.41) is 14.7. The molecule has 0 amide bonds. The van der Waals surface area contributed by atoms with Gasteiger partial charge in [0.05, 0.1) is 17.3 Å². The zero-order valence-corrected chi connectivity index (χ0v) is 11.0. The Bertz CT molecular complexity index is 636. The van der Waals surface area contributed by atoms with E-state index in [0.717, 1.165) is 13.0 Å². The molecule has 0 bridgehead atoms. The number of rotatable bonds is 5. The van der Waals surface area contributed by atoms with E-state index in [9.17, 15) is 4.39 Å². The number of nitrogens with one attached hydrogen (secondary N) is 2. The summed E-state index contributed by atoms with van der Waals surface area (Å²) in [7, 11) is 0. The van der Waals surface area contributed by atoms with E-state index < -0.39 is 5.82 Å². The summed E-state index contributed by atoms with van der Waals surface area (Å²) in [5.74, 6) is 0.673. The minimum Gasteiger partial charge on any atom is -0.370 e. The van der Waals surface area contributed by atoms with E-state index in [0.29, 0.717) is 11.6 Å². The normalized spacial score (nSPS) is 9.85. The molecule has 1 heterocycles. The molecule has 20 heavy (non-hydrogen) atoms. The maximum Gasteiger partial charge on any atom is 0.147 e. The van der Waals surface area contributed by atoms with Gasteiger partial charge < -0.3 is 10.6 Å². The van der Waals surface area contributed by atoms with Crippen molar-refractivity contribution >= 4 is 17.3 Å². The number of benzene rings is 1. The highest BCUT2D eigenvalue weighted by molar-refractivity contribution is 5.60. The van der Waals surface area contributed by atoms with Gasteiger partial charge in [-0.1, -0.05) is 6.92 Å². The maximum atomic E-state index is 13.8. The Balaban J connectivity index is 2.15. The smallest absolute Gasteiger partial charge is 0.147 e. The van der Waals surface area contributed by atoms with Gasteiger partial charge in [-0.25, -0.2) is 14.4 Å². The van der Waals surface area contributed by atoms with Crippen LogP contribution in [0.25, 0.3) is 0 Å². The summed E-state index contributed by atoms with van der Waals surface area (Å²) in [6.45, 7) is 2.86. The first-order chi connectivity index (χ1) is 9.72. The van der Waals surface area contributed by atoms with E-state index in [1.165, 1.54) is 18.5 Å². The molecule has 2 aromatic rings. The molecule has 2 rings (SSSR count). The van der Waals surface area contributed by atoms with Crippen LogP contribution in [0.3, 0.4) is 0 Å². The molecule has 0 fully saturated rings. The summed E-state index contributed by atoms with van der Waals surface area (Å²) in [6, 6.07) is 7.82. The molecule has 102 valence electrons. The number of hydrogen-bond donors (Lipinski definition) is 2. The van der Waals surface area contributed by atoms with Gasteiger partial charge in [0.1, 0.15) is 23.8 Å². The predicted octanol–water partition coefficient (Wildman–Crippen LogP) is 3.05. The number of nitriles is 1. The summed E-state index contributed by atoms with van der Waals surface area (Å²) >= 11 is 0. The lowest BCUT2D eigenvalue weighted by Gasteiger charge is -2.08. The second-order valence-electron chi connectivity index (χ2n) is 4.15. The van der Waals surface area contributed by atoms with Crippen LogP contribution in [0, 0.1) is 17.1 Å². The molecule has 0 aliphatic rings. The van der Waals surface area contributed by atoms with Crippen LogP contribution in [0.4, 0.5) is 21.7 Å². The van der Waals surface area contributed by atoms with E-state index in [1.807, 2.05) is 6.07 Å². The van der Waals surface area contributed by atoms with E-state index in [1.54, 1.807) is 12.1 Å². The molecule has 0 saturated carbocycles. The van der Waals surface area contributed by atoms with Gasteiger partial charge >= 0.3 is 0 Å². The van der Waals surface area contributed by atoms with Gasteiger partial charge in [-0.05, 0) is 24.6 Å². The average molecular weight is 271 g/mol. The Labute approximate surface area is 116 Å². The van der Waals surface area contributed by atoms with Crippen molar-refractivity contribution in [1.82, 2.24) is 9.97 Å². The van der Waals surface area contributed by atoms with Crippen LogP contribution in [0.5, 0.6) is 0 Å². The van der Waals surface area contributed by atoms with Gasteiger partial charge in [0.15, 0.2) is 0 Å². The second-order valence-corrected chi connectivity index (χ2v) is 4.15. The van der Waals surface area contributed by atoms with Gasteiger partial charge in [0, 0.05) is 12.6 Å². The fourth-order valence-corrected chi connectivity index (χ4v) is 1.60. The van der Waals surface area contributed by atoms with Crippen molar-refractivity contribution in [2.24, 2.45) is 0 Å². The highest BCUT2D eigenvalue weighted by Crippen LogP contribution is 2.20. The fourth-order valence-electron chi connectivity index (χ4n) is 1.60. The van der Waals surface area contributed by atoms with Gasteiger partial charge in [-0.2, -0.15) is 5.26 Å². The maximum absolute atomic E-state index is 13.8. The van der Waals surface area contributed by atoms with E-state index in [2.05, 4.69) is 27.5 Å². The molecule has 2 N–H and O–H groups in total. The lowest BCUT2D eigenvalue weighted by Crippen LogP contribution is -2.04. The Kier molecular flexibility index (Phi) is 4.45. The van der Waals surface area contributed by atoms with Crippen molar-refractivity contribution < 1.29 is 4.39 Å². The van der Waals surface area contributed by atoms with Crippen molar-refractivity contribution in [2.45, 2.75) is 13.3 Å². The minimum absolute atomic E-state index is 0.268. The van der Waals surface area contributed by atoms with Crippen molar-refractivity contribution in [1.29, 1.82) is 5.26 Å². The molecule has 0 unspecified atom stereocenters. The van der Waals surface area contributed by atoms with E-state index in [-0.39, 0.29) is 11.3 Å². The molecule has 0 aliphatic heterocycles. The SMILES string of the molecule is CCCNc1cc(Nc2ccc(C#N)cc2F)ncn1. The Morgan fingerprint density at radius 2 is 2.05 bits per heavy atom. The molecule has 0 saturated heterocycles. The highest BCUT2D eigenvalue weighted by Gasteiger charge is 2.05. The van der Waals surface area contributed by atoms with Crippen molar-refractivity contribution in [2.75, 3.05) is 17.2 Å². The van der Waals surface area contributed by atoms with Crippen LogP contribution >= 0.6 is 0 Å². The van der Waals surface area contributed by atoms with Gasteiger partial charge in [-0.15, -0.1) is 0 Å². The molecule has 1 aromatic heterocycles. The van der Waals surface area contributed by atoms with Crippen molar-refractivity contribution in [3.63, 3.8) is 0 Å². The largest absolute Gasteiger partial charge is 0.370 e. The third-order valence-corrected chi connectivity index (χ3v) is 2.58. The fraction of sp³-hybridized carbons (Fsp3) is 0.214. The van der Waals surface area contributed by atoms with Crippen molar-refractivity contribution in [3.8, 4) is 6.07 Å². The van der Waals surface area contributed by atoms with Gasteiger partial charge in [0.25, 0.3) is 0 Å². The van der Waals surface area contributed by atoms with Crippen molar-refractivity contribution in [3.05, 3.63) is 42.0 Å². The highest BCUT2D eigenvalue weighted by atomic mass is 19.1. The number of nitrogens with zero attached hydrogens (tertiary/aromatic N) is 3. The zero-order valence-electron chi connectivity index (χ0n) is 11.0. The standard InChI is InChI=1S/C14H14FN5/c1-2-5-17-13-7-14(19-9-18-13)20-12-4-3-10(8-16)6-11(12)15/h3-4,6-7,9H,2,5H2,1H3,(H2,17,18,19,20). The Hall–Kier alpha value is -2.68. The zero-order chi connectivity index (χ0) is 14.4. The molecule has 0 radical (unpaired) electrons. The third kappa shape index (κ3) is 3.42. The van der Waals surface area contributed by atoms with E-state index in [4.69, 9.17) is 5.26 Å². The molecular weight excluding hydrogens is 257 g/mol. The first kappa shape index (κ1) is 13.7. The van der Waals surface area contributed by atoms with Crippen LogP contribution in [0.15, 0.2) is 30.6 Å². The lowest BCUT2D eigenvalue weighted by atomic mass is 10.2. The van der Waals surface area contributed by atoms with Crippen LogP contribution in [-0.2, 0) is 0 Å². The van der Waals surface area contributed by atoms with Gasteiger partial charge in [-0.3, -0.25) is 0 Å². The van der Waals surface area contributed by atoms with Crippen LogP contribution < -0.4 is 10.6 Å². The molecule has 0 atom stereocenters. The topological polar surface area (TPSA) is 73.6 Å². The number of anilines is 3. The molecule has 1 aromatic carbocycles. The predicted molar refractivity (Wildman–Crippen MR) is 75.2 cm³/mol. The Morgan fingerprint density at radius 1 is 1.25 bits per heavy atom. The molecule has 0 spiro atoms. The minimum atomic E-state index is -0.495. The lowest BCUT2D eigenvalue weighted by molar-refractivity contribution is 0.631. The van der Waals surface area contributed by atoms with Gasteiger partial charge in [0.2, 0.25) is 0 Å². The average Bonchev–Trinajstić information content (AvgIpc) is 2.47. The Morgan fingerprint density at radius 3 is 2.75 bits per heavy atom. The molecular formula is C14H14FN5. The number of hydrogen-bond acceptors (Lipinski definition) is 5. The summed E-state index contributed by atoms with van der Waals surface area (Å²) in [6.07, 6.45) is 2.39. The summed E-state index contributed by atoms with van der Waals surface area (Å²) in [4.78, 5) is 8.10. The van der Waals surface area contributed by atoms with Crippen LogP contribution in [0.2, 0.25) is 0 Å². The molecule has 5 nitrogen and oxygen atoms in total. The monoisotopic (exact) mass is 271 g/mol. The van der Waals surface area contributed by atoms with Crippen LogP contribution in [0.1, 0.15) is 18.9 Å². The molecule has 6 heteroatoms. The van der Waals surface area contributed by atoms with Crippen LogP contribution in [-0.4, -0.2) is 16.5 Å². The number of aromatic nitrogens is 2. The summed E-state index contributed by atoms with van der Waals surface area (Å²) in [5.41, 5.74) is 0.546.